The number of rotatable bonds is 10. The van der Waals surface area contributed by atoms with Gasteiger partial charge in [-0.15, -0.1) is 0 Å². The smallest absolute Gasteiger partial charge is 0.306 e. The van der Waals surface area contributed by atoms with Crippen LogP contribution in [0, 0.1) is 26.7 Å². The van der Waals surface area contributed by atoms with Gasteiger partial charge >= 0.3 is 5.97 Å². The van der Waals surface area contributed by atoms with Crippen LogP contribution in [0.4, 0.5) is 5.69 Å². The number of para-hydroxylation sites is 2. The minimum absolute atomic E-state index is 0.190. The predicted molar refractivity (Wildman–Crippen MR) is 132 cm³/mol. The lowest BCUT2D eigenvalue weighted by atomic mass is 10.1. The summed E-state index contributed by atoms with van der Waals surface area (Å²) in [7, 11) is 0. The number of amides is 1. The fourth-order valence-electron chi connectivity index (χ4n) is 3.64. The molecule has 1 amide bonds. The lowest BCUT2D eigenvalue weighted by Crippen LogP contribution is -2.21. The van der Waals surface area contributed by atoms with Gasteiger partial charge in [0.15, 0.2) is 12.4 Å². The van der Waals surface area contributed by atoms with Crippen molar-refractivity contribution in [2.75, 3.05) is 11.9 Å². The maximum atomic E-state index is 12.4. The molecule has 0 saturated heterocycles. The van der Waals surface area contributed by atoms with E-state index in [9.17, 15) is 9.59 Å². The maximum Gasteiger partial charge on any atom is 0.306 e. The highest BCUT2D eigenvalue weighted by atomic mass is 16.5. The molecule has 1 aromatic heterocycles. The summed E-state index contributed by atoms with van der Waals surface area (Å²) in [6.45, 7) is 10.7. The minimum Gasteiger partial charge on any atom is -0.456 e. The molecule has 7 heteroatoms. The highest BCUT2D eigenvalue weighted by Crippen LogP contribution is 2.29. The van der Waals surface area contributed by atoms with E-state index in [2.05, 4.69) is 24.3 Å². The van der Waals surface area contributed by atoms with Crippen molar-refractivity contribution in [3.63, 3.8) is 0 Å². The van der Waals surface area contributed by atoms with E-state index in [1.54, 1.807) is 18.2 Å². The number of nitrogens with one attached hydrogen (secondary N) is 1. The largest absolute Gasteiger partial charge is 0.456 e. The van der Waals surface area contributed by atoms with E-state index in [0.717, 1.165) is 29.1 Å². The Hall–Kier alpha value is -3.61. The van der Waals surface area contributed by atoms with Gasteiger partial charge in [0.05, 0.1) is 11.4 Å². The van der Waals surface area contributed by atoms with Gasteiger partial charge in [0, 0.05) is 18.7 Å². The molecule has 180 valence electrons. The molecule has 0 unspecified atom stereocenters. The summed E-state index contributed by atoms with van der Waals surface area (Å²) in [4.78, 5) is 24.7. The Morgan fingerprint density at radius 1 is 1.03 bits per heavy atom. The van der Waals surface area contributed by atoms with Crippen molar-refractivity contribution in [1.82, 2.24) is 9.78 Å². The van der Waals surface area contributed by atoms with Crippen LogP contribution in [0.15, 0.2) is 48.5 Å². The summed E-state index contributed by atoms with van der Waals surface area (Å²) >= 11 is 0. The second-order valence-corrected chi connectivity index (χ2v) is 8.85. The van der Waals surface area contributed by atoms with E-state index in [-0.39, 0.29) is 13.0 Å². The highest BCUT2D eigenvalue weighted by Gasteiger charge is 2.16. The van der Waals surface area contributed by atoms with Crippen LogP contribution in [0.1, 0.15) is 42.8 Å². The van der Waals surface area contributed by atoms with E-state index in [0.29, 0.717) is 29.5 Å². The molecule has 0 saturated carbocycles. The summed E-state index contributed by atoms with van der Waals surface area (Å²) in [6.07, 6.45) is 0.721. The first-order chi connectivity index (χ1) is 16.2. The van der Waals surface area contributed by atoms with Crippen LogP contribution < -0.4 is 10.1 Å². The van der Waals surface area contributed by atoms with Crippen molar-refractivity contribution in [2.45, 2.75) is 54.0 Å². The Morgan fingerprint density at radius 2 is 1.74 bits per heavy atom. The summed E-state index contributed by atoms with van der Waals surface area (Å²) in [5.74, 6) is 0.818. The number of hydrogen-bond donors (Lipinski definition) is 1. The molecule has 0 aliphatic carbocycles. The molecule has 34 heavy (non-hydrogen) atoms. The number of aromatic nitrogens is 2. The number of benzene rings is 2. The monoisotopic (exact) mass is 463 g/mol. The second kappa shape index (κ2) is 11.5. The molecular weight excluding hydrogens is 430 g/mol. The molecule has 0 radical (unpaired) electrons. The van der Waals surface area contributed by atoms with Crippen LogP contribution >= 0.6 is 0 Å². The third-order valence-electron chi connectivity index (χ3n) is 5.42. The zero-order chi connectivity index (χ0) is 24.7. The number of ether oxygens (including phenoxy) is 2. The molecular formula is C27H33N3O4. The second-order valence-electron chi connectivity index (χ2n) is 8.85. The molecule has 2 aromatic carbocycles. The third-order valence-corrected chi connectivity index (χ3v) is 5.42. The van der Waals surface area contributed by atoms with Crippen molar-refractivity contribution in [1.29, 1.82) is 0 Å². The van der Waals surface area contributed by atoms with Crippen molar-refractivity contribution in [2.24, 2.45) is 5.92 Å². The lowest BCUT2D eigenvalue weighted by Gasteiger charge is -2.12. The number of aryl methyl sites for hydroxylation is 2. The first-order valence-corrected chi connectivity index (χ1v) is 11.5. The Morgan fingerprint density at radius 3 is 2.44 bits per heavy atom. The zero-order valence-electron chi connectivity index (χ0n) is 20.6. The summed E-state index contributed by atoms with van der Waals surface area (Å²) in [5, 5.41) is 7.34. The van der Waals surface area contributed by atoms with Crippen LogP contribution in [-0.2, 0) is 27.3 Å². The van der Waals surface area contributed by atoms with Crippen LogP contribution in [-0.4, -0.2) is 28.3 Å². The number of esters is 1. The average molecular weight is 464 g/mol. The zero-order valence-corrected chi connectivity index (χ0v) is 20.6. The lowest BCUT2D eigenvalue weighted by molar-refractivity contribution is -0.147. The number of carbonyl (C=O) groups excluding carboxylic acids is 2. The molecule has 3 aromatic rings. The molecule has 7 nitrogen and oxygen atoms in total. The van der Waals surface area contributed by atoms with Crippen molar-refractivity contribution in [3.05, 3.63) is 71.0 Å². The third kappa shape index (κ3) is 6.94. The molecule has 1 N–H and O–H groups in total. The Labute approximate surface area is 201 Å². The number of nitrogens with zero attached hydrogens (tertiary/aromatic N) is 2. The Balaban J connectivity index is 1.51. The minimum atomic E-state index is -0.426. The first kappa shape index (κ1) is 25.0. The molecule has 0 spiro atoms. The van der Waals surface area contributed by atoms with Gasteiger partial charge in [0.2, 0.25) is 0 Å². The number of anilines is 1. The van der Waals surface area contributed by atoms with Gasteiger partial charge in [-0.05, 0) is 62.9 Å². The topological polar surface area (TPSA) is 82.4 Å². The Kier molecular flexibility index (Phi) is 8.46. The Bertz CT molecular complexity index is 1130. The van der Waals surface area contributed by atoms with Crippen molar-refractivity contribution < 1.29 is 19.1 Å². The molecule has 3 rings (SSSR count). The standard InChI is InChI=1S/C27H33N3O4/c1-18(2)16-30-21(5)23(20(4)29-30)14-15-27(32)33-17-26(31)28-24-8-6-7-9-25(24)34-22-12-10-19(3)11-13-22/h6-13,18H,14-17H2,1-5H3,(H,28,31). The predicted octanol–water partition coefficient (Wildman–Crippen LogP) is 5.37. The van der Waals surface area contributed by atoms with Gasteiger partial charge in [-0.25, -0.2) is 0 Å². The SMILES string of the molecule is Cc1ccc(Oc2ccccc2NC(=O)COC(=O)CCc2c(C)nn(CC(C)C)c2C)cc1. The molecule has 0 aliphatic rings. The molecule has 0 fully saturated rings. The van der Waals surface area contributed by atoms with E-state index in [1.165, 1.54) is 0 Å². The fraction of sp³-hybridized carbons (Fsp3) is 0.370. The van der Waals surface area contributed by atoms with Gasteiger partial charge in [-0.3, -0.25) is 14.3 Å². The van der Waals surface area contributed by atoms with Gasteiger partial charge in [0.1, 0.15) is 5.75 Å². The van der Waals surface area contributed by atoms with Crippen LogP contribution in [0.3, 0.4) is 0 Å². The molecule has 0 bridgehead atoms. The first-order valence-electron chi connectivity index (χ1n) is 11.5. The quantitative estimate of drug-likeness (QED) is 0.409. The average Bonchev–Trinajstić information content (AvgIpc) is 3.05. The number of carbonyl (C=O) groups is 2. The van der Waals surface area contributed by atoms with Crippen LogP contribution in [0.5, 0.6) is 11.5 Å². The van der Waals surface area contributed by atoms with Gasteiger partial charge < -0.3 is 14.8 Å². The van der Waals surface area contributed by atoms with Gasteiger partial charge in [-0.1, -0.05) is 43.7 Å². The fourth-order valence-corrected chi connectivity index (χ4v) is 3.64. The summed E-state index contributed by atoms with van der Waals surface area (Å²) in [6, 6.07) is 14.8. The van der Waals surface area contributed by atoms with E-state index < -0.39 is 11.9 Å². The normalized spacial score (nSPS) is 10.9. The van der Waals surface area contributed by atoms with E-state index in [1.807, 2.05) is 55.8 Å². The van der Waals surface area contributed by atoms with Crippen LogP contribution in [0.2, 0.25) is 0 Å². The number of hydrogen-bond acceptors (Lipinski definition) is 5. The van der Waals surface area contributed by atoms with Crippen molar-refractivity contribution >= 4 is 17.6 Å². The van der Waals surface area contributed by atoms with E-state index >= 15 is 0 Å². The van der Waals surface area contributed by atoms with Gasteiger partial charge in [0.25, 0.3) is 5.91 Å². The summed E-state index contributed by atoms with van der Waals surface area (Å²) in [5.41, 5.74) is 4.69. The molecule has 0 aliphatic heterocycles. The summed E-state index contributed by atoms with van der Waals surface area (Å²) < 4.78 is 13.1. The highest BCUT2D eigenvalue weighted by molar-refractivity contribution is 5.94. The van der Waals surface area contributed by atoms with Crippen LogP contribution in [0.25, 0.3) is 0 Å². The maximum absolute atomic E-state index is 12.4. The molecule has 0 atom stereocenters. The molecule has 1 heterocycles. The van der Waals surface area contributed by atoms with Gasteiger partial charge in [-0.2, -0.15) is 5.10 Å². The van der Waals surface area contributed by atoms with Crippen molar-refractivity contribution in [3.8, 4) is 11.5 Å². The van der Waals surface area contributed by atoms with E-state index in [4.69, 9.17) is 9.47 Å².